The van der Waals surface area contributed by atoms with E-state index in [0.717, 1.165) is 34.9 Å². The summed E-state index contributed by atoms with van der Waals surface area (Å²) in [6, 6.07) is 9.56. The highest BCUT2D eigenvalue weighted by Gasteiger charge is 2.05. The van der Waals surface area contributed by atoms with Gasteiger partial charge in [0.05, 0.1) is 0 Å². The predicted molar refractivity (Wildman–Crippen MR) is 60.9 cm³/mol. The fourth-order valence-electron chi connectivity index (χ4n) is 1.43. The average molecular weight is 222 g/mol. The van der Waals surface area contributed by atoms with E-state index in [2.05, 4.69) is 12.1 Å². The molecule has 0 fully saturated rings. The molecule has 0 radical (unpaired) electrons. The quantitative estimate of drug-likeness (QED) is 0.785. The Balaban J connectivity index is 2.25. The maximum atomic E-state index is 5.81. The van der Waals surface area contributed by atoms with Crippen LogP contribution in [0.3, 0.4) is 0 Å². The normalized spacial score (nSPS) is 10.5. The molecule has 0 amide bonds. The molecule has 0 spiro atoms. The molecule has 2 aromatic rings. The van der Waals surface area contributed by atoms with Crippen molar-refractivity contribution in [3.63, 3.8) is 0 Å². The maximum absolute atomic E-state index is 5.81. The lowest BCUT2D eigenvalue weighted by atomic mass is 10.1. The topological polar surface area (TPSA) is 26.0 Å². The molecule has 1 aromatic carbocycles. The molecule has 1 heterocycles. The zero-order valence-corrected chi connectivity index (χ0v) is 9.29. The Morgan fingerprint density at radius 3 is 2.67 bits per heavy atom. The van der Waals surface area contributed by atoms with Crippen molar-refractivity contribution in [3.05, 3.63) is 41.1 Å². The second-order valence-electron chi connectivity index (χ2n) is 3.44. The number of halogens is 1. The zero-order chi connectivity index (χ0) is 10.7. The van der Waals surface area contributed by atoms with Gasteiger partial charge in [0.25, 0.3) is 0 Å². The maximum Gasteiger partial charge on any atom is 0.137 e. The largest absolute Gasteiger partial charge is 0.361 e. The molecule has 0 aliphatic rings. The molecular formula is C12H12ClNO. The number of hydrogen-bond acceptors (Lipinski definition) is 2. The summed E-state index contributed by atoms with van der Waals surface area (Å²) >= 11 is 5.81. The molecule has 0 atom stereocenters. The van der Waals surface area contributed by atoms with Gasteiger partial charge < -0.3 is 4.52 Å². The van der Waals surface area contributed by atoms with Gasteiger partial charge in [0.15, 0.2) is 0 Å². The molecule has 1 aromatic heterocycles. The summed E-state index contributed by atoms with van der Waals surface area (Å²) in [5.41, 5.74) is 1.90. The van der Waals surface area contributed by atoms with Crippen molar-refractivity contribution in [1.29, 1.82) is 0 Å². The van der Waals surface area contributed by atoms with Gasteiger partial charge in [0.1, 0.15) is 11.5 Å². The van der Waals surface area contributed by atoms with Gasteiger partial charge in [0, 0.05) is 23.1 Å². The van der Waals surface area contributed by atoms with Crippen molar-refractivity contribution in [3.8, 4) is 11.3 Å². The fourth-order valence-corrected chi connectivity index (χ4v) is 1.56. The Labute approximate surface area is 93.9 Å². The van der Waals surface area contributed by atoms with Crippen LogP contribution in [-0.4, -0.2) is 5.16 Å². The number of hydrogen-bond donors (Lipinski definition) is 0. The van der Waals surface area contributed by atoms with E-state index >= 15 is 0 Å². The fraction of sp³-hybridized carbons (Fsp3) is 0.250. The van der Waals surface area contributed by atoms with Crippen LogP contribution in [0.4, 0.5) is 0 Å². The van der Waals surface area contributed by atoms with Gasteiger partial charge in [-0.25, -0.2) is 0 Å². The minimum absolute atomic E-state index is 0.732. The predicted octanol–water partition coefficient (Wildman–Crippen LogP) is 3.95. The van der Waals surface area contributed by atoms with E-state index < -0.39 is 0 Å². The molecule has 0 aliphatic heterocycles. The van der Waals surface area contributed by atoms with Crippen LogP contribution in [0.2, 0.25) is 5.02 Å². The third-order valence-corrected chi connectivity index (χ3v) is 2.45. The lowest BCUT2D eigenvalue weighted by Crippen LogP contribution is -1.76. The Morgan fingerprint density at radius 1 is 1.27 bits per heavy atom. The summed E-state index contributed by atoms with van der Waals surface area (Å²) in [6.07, 6.45) is 2.00. The smallest absolute Gasteiger partial charge is 0.137 e. The van der Waals surface area contributed by atoms with Crippen molar-refractivity contribution >= 4 is 11.6 Å². The SMILES string of the molecule is CCCc1cc(-c2ccc(Cl)cc2)no1. The summed E-state index contributed by atoms with van der Waals surface area (Å²) in [5.74, 6) is 0.933. The third-order valence-electron chi connectivity index (χ3n) is 2.20. The van der Waals surface area contributed by atoms with Gasteiger partial charge in [-0.2, -0.15) is 0 Å². The Hall–Kier alpha value is -1.28. The number of nitrogens with zero attached hydrogens (tertiary/aromatic N) is 1. The van der Waals surface area contributed by atoms with E-state index in [1.807, 2.05) is 30.3 Å². The van der Waals surface area contributed by atoms with E-state index in [9.17, 15) is 0 Å². The number of aryl methyl sites for hydroxylation is 1. The molecule has 0 unspecified atom stereocenters. The average Bonchev–Trinajstić information content (AvgIpc) is 2.68. The van der Waals surface area contributed by atoms with Gasteiger partial charge in [0.2, 0.25) is 0 Å². The Kier molecular flexibility index (Phi) is 3.07. The molecule has 0 N–H and O–H groups in total. The first kappa shape index (κ1) is 10.2. The molecule has 78 valence electrons. The van der Waals surface area contributed by atoms with Crippen LogP contribution in [0.5, 0.6) is 0 Å². The molecule has 0 saturated heterocycles. The first-order valence-electron chi connectivity index (χ1n) is 5.01. The zero-order valence-electron chi connectivity index (χ0n) is 8.53. The molecule has 3 heteroatoms. The van der Waals surface area contributed by atoms with E-state index in [-0.39, 0.29) is 0 Å². The summed E-state index contributed by atoms with van der Waals surface area (Å²) in [6.45, 7) is 2.12. The van der Waals surface area contributed by atoms with E-state index in [1.54, 1.807) is 0 Å². The standard InChI is InChI=1S/C12H12ClNO/c1-2-3-11-8-12(14-15-11)9-4-6-10(13)7-5-9/h4-8H,2-3H2,1H3. The lowest BCUT2D eigenvalue weighted by Gasteiger charge is -1.94. The van der Waals surface area contributed by atoms with Crippen LogP contribution in [0.1, 0.15) is 19.1 Å². The Bertz CT molecular complexity index is 433. The van der Waals surface area contributed by atoms with Crippen molar-refractivity contribution < 1.29 is 4.52 Å². The minimum atomic E-state index is 0.732. The van der Waals surface area contributed by atoms with Crippen molar-refractivity contribution in [2.24, 2.45) is 0 Å². The van der Waals surface area contributed by atoms with Gasteiger partial charge in [-0.15, -0.1) is 0 Å². The highest BCUT2D eigenvalue weighted by atomic mass is 35.5. The second kappa shape index (κ2) is 4.49. The van der Waals surface area contributed by atoms with Crippen LogP contribution in [0, 0.1) is 0 Å². The van der Waals surface area contributed by atoms with Crippen LogP contribution in [0.25, 0.3) is 11.3 Å². The molecule has 15 heavy (non-hydrogen) atoms. The summed E-state index contributed by atoms with van der Waals surface area (Å²) in [4.78, 5) is 0. The number of aromatic nitrogens is 1. The highest BCUT2D eigenvalue weighted by Crippen LogP contribution is 2.21. The second-order valence-corrected chi connectivity index (χ2v) is 3.87. The van der Waals surface area contributed by atoms with E-state index in [4.69, 9.17) is 16.1 Å². The van der Waals surface area contributed by atoms with E-state index in [1.165, 1.54) is 0 Å². The first-order chi connectivity index (χ1) is 7.29. The highest BCUT2D eigenvalue weighted by molar-refractivity contribution is 6.30. The van der Waals surface area contributed by atoms with Gasteiger partial charge in [-0.1, -0.05) is 35.8 Å². The molecule has 2 rings (SSSR count). The third kappa shape index (κ3) is 2.39. The van der Waals surface area contributed by atoms with Crippen molar-refractivity contribution in [1.82, 2.24) is 5.16 Å². The van der Waals surface area contributed by atoms with Crippen LogP contribution >= 0.6 is 11.6 Å². The number of rotatable bonds is 3. The molecule has 0 bridgehead atoms. The van der Waals surface area contributed by atoms with Crippen LogP contribution < -0.4 is 0 Å². The van der Waals surface area contributed by atoms with Crippen LogP contribution in [0.15, 0.2) is 34.9 Å². The number of benzene rings is 1. The molecule has 0 aliphatic carbocycles. The molecule has 2 nitrogen and oxygen atoms in total. The minimum Gasteiger partial charge on any atom is -0.361 e. The monoisotopic (exact) mass is 221 g/mol. The van der Waals surface area contributed by atoms with E-state index in [0.29, 0.717) is 0 Å². The molecule has 0 saturated carbocycles. The summed E-state index contributed by atoms with van der Waals surface area (Å²) in [7, 11) is 0. The lowest BCUT2D eigenvalue weighted by molar-refractivity contribution is 0.384. The van der Waals surface area contributed by atoms with Gasteiger partial charge >= 0.3 is 0 Å². The van der Waals surface area contributed by atoms with Crippen LogP contribution in [-0.2, 0) is 6.42 Å². The van der Waals surface area contributed by atoms with Gasteiger partial charge in [-0.05, 0) is 18.6 Å². The molecular weight excluding hydrogens is 210 g/mol. The van der Waals surface area contributed by atoms with Gasteiger partial charge in [-0.3, -0.25) is 0 Å². The summed E-state index contributed by atoms with van der Waals surface area (Å²) < 4.78 is 5.21. The van der Waals surface area contributed by atoms with Crippen molar-refractivity contribution in [2.75, 3.05) is 0 Å². The Morgan fingerprint density at radius 2 is 2.00 bits per heavy atom. The first-order valence-corrected chi connectivity index (χ1v) is 5.39. The van der Waals surface area contributed by atoms with Crippen molar-refractivity contribution in [2.45, 2.75) is 19.8 Å². The summed E-state index contributed by atoms with van der Waals surface area (Å²) in [5, 5.41) is 4.75.